The lowest BCUT2D eigenvalue weighted by Crippen LogP contribution is -2.48. The number of nitrogens with one attached hydrogen (secondary N) is 1. The van der Waals surface area contributed by atoms with Crippen molar-refractivity contribution in [3.63, 3.8) is 0 Å². The minimum absolute atomic E-state index is 0.216. The van der Waals surface area contributed by atoms with E-state index in [2.05, 4.69) is 10.2 Å². The van der Waals surface area contributed by atoms with Crippen molar-refractivity contribution in [3.8, 4) is 0 Å². The van der Waals surface area contributed by atoms with Crippen LogP contribution >= 0.6 is 0 Å². The van der Waals surface area contributed by atoms with Crippen LogP contribution in [0.15, 0.2) is 0 Å². The zero-order chi connectivity index (χ0) is 12.0. The van der Waals surface area contributed by atoms with Crippen LogP contribution in [-0.2, 0) is 4.79 Å². The van der Waals surface area contributed by atoms with E-state index >= 15 is 0 Å². The van der Waals surface area contributed by atoms with Crippen molar-refractivity contribution in [2.24, 2.45) is 0 Å². The molecule has 4 nitrogen and oxygen atoms in total. The molecule has 1 aliphatic rings. The maximum atomic E-state index is 11.1. The fourth-order valence-corrected chi connectivity index (χ4v) is 2.18. The molecule has 2 N–H and O–H groups in total. The molecule has 0 radical (unpaired) electrons. The first-order valence-electron chi connectivity index (χ1n) is 6.31. The molecule has 0 aromatic rings. The number of hydrogen-bond donors (Lipinski definition) is 2. The lowest BCUT2D eigenvalue weighted by Gasteiger charge is -2.25. The van der Waals surface area contributed by atoms with Crippen LogP contribution in [0.25, 0.3) is 0 Å². The molecule has 1 aliphatic heterocycles. The molecule has 94 valence electrons. The fourth-order valence-electron chi connectivity index (χ4n) is 2.18. The highest BCUT2D eigenvalue weighted by atomic mass is 16.4. The van der Waals surface area contributed by atoms with Gasteiger partial charge in [-0.3, -0.25) is 4.79 Å². The number of hydrogen-bond acceptors (Lipinski definition) is 3. The van der Waals surface area contributed by atoms with Crippen molar-refractivity contribution in [1.82, 2.24) is 10.2 Å². The third kappa shape index (κ3) is 4.94. The molecule has 1 unspecified atom stereocenters. The summed E-state index contributed by atoms with van der Waals surface area (Å²) in [4.78, 5) is 13.4. The van der Waals surface area contributed by atoms with Gasteiger partial charge in [-0.2, -0.15) is 0 Å². The molecule has 16 heavy (non-hydrogen) atoms. The van der Waals surface area contributed by atoms with Gasteiger partial charge in [-0.1, -0.05) is 26.7 Å². The van der Waals surface area contributed by atoms with E-state index in [-0.39, 0.29) is 6.04 Å². The van der Waals surface area contributed by atoms with Crippen LogP contribution in [0.1, 0.15) is 39.5 Å². The molecule has 0 aromatic carbocycles. The van der Waals surface area contributed by atoms with E-state index in [1.807, 2.05) is 13.8 Å². The van der Waals surface area contributed by atoms with Crippen LogP contribution < -0.4 is 5.32 Å². The van der Waals surface area contributed by atoms with E-state index in [4.69, 9.17) is 5.11 Å². The van der Waals surface area contributed by atoms with Gasteiger partial charge in [-0.05, 0) is 25.9 Å². The fraction of sp³-hybridized carbons (Fsp3) is 0.917. The van der Waals surface area contributed by atoms with Crippen molar-refractivity contribution in [2.45, 2.75) is 51.6 Å². The number of carboxylic acids is 1. The molecule has 0 spiro atoms. The highest BCUT2D eigenvalue weighted by Gasteiger charge is 2.21. The van der Waals surface area contributed by atoms with Gasteiger partial charge in [0.2, 0.25) is 0 Å². The minimum Gasteiger partial charge on any atom is -0.480 e. The number of carbonyl (C=O) groups is 1. The molecule has 0 amide bonds. The van der Waals surface area contributed by atoms with Crippen LogP contribution in [0.4, 0.5) is 0 Å². The summed E-state index contributed by atoms with van der Waals surface area (Å²) in [6.07, 6.45) is 4.97. The van der Waals surface area contributed by atoms with Gasteiger partial charge in [-0.15, -0.1) is 0 Å². The predicted molar refractivity (Wildman–Crippen MR) is 64.6 cm³/mol. The first-order valence-corrected chi connectivity index (χ1v) is 6.31. The van der Waals surface area contributed by atoms with E-state index in [9.17, 15) is 4.79 Å². The van der Waals surface area contributed by atoms with Gasteiger partial charge in [0.1, 0.15) is 6.04 Å². The van der Waals surface area contributed by atoms with Gasteiger partial charge in [0, 0.05) is 12.6 Å². The molecule has 1 heterocycles. The number of carboxylic acid groups (broad SMARTS) is 1. The smallest absolute Gasteiger partial charge is 0.322 e. The SMILES string of the molecule is CC(C)NC(CN1CCCCCC1)C(=O)O. The molecule has 1 rings (SSSR count). The summed E-state index contributed by atoms with van der Waals surface area (Å²) in [5.74, 6) is -0.738. The Kier molecular flexibility index (Phi) is 5.77. The maximum Gasteiger partial charge on any atom is 0.322 e. The van der Waals surface area contributed by atoms with E-state index in [0.29, 0.717) is 6.54 Å². The Morgan fingerprint density at radius 2 is 1.81 bits per heavy atom. The highest BCUT2D eigenvalue weighted by molar-refractivity contribution is 5.73. The Bertz CT molecular complexity index is 211. The summed E-state index contributed by atoms with van der Waals surface area (Å²) in [5, 5.41) is 12.2. The van der Waals surface area contributed by atoms with Crippen LogP contribution in [0.2, 0.25) is 0 Å². The standard InChI is InChI=1S/C12H24N2O2/c1-10(2)13-11(12(15)16)9-14-7-5-3-4-6-8-14/h10-11,13H,3-9H2,1-2H3,(H,15,16). The number of likely N-dealkylation sites (tertiary alicyclic amines) is 1. The molecule has 0 aliphatic carbocycles. The summed E-state index contributed by atoms with van der Waals surface area (Å²) in [6.45, 7) is 6.69. The summed E-state index contributed by atoms with van der Waals surface area (Å²) in [6, 6.07) is -0.217. The van der Waals surface area contributed by atoms with Crippen molar-refractivity contribution < 1.29 is 9.90 Å². The molecule has 0 bridgehead atoms. The minimum atomic E-state index is -0.738. The van der Waals surface area contributed by atoms with Gasteiger partial charge < -0.3 is 15.3 Å². The molecule has 1 saturated heterocycles. The Labute approximate surface area is 98.0 Å². The molecule has 1 atom stereocenters. The van der Waals surface area contributed by atoms with Crippen molar-refractivity contribution in [3.05, 3.63) is 0 Å². The van der Waals surface area contributed by atoms with Crippen LogP contribution in [0.3, 0.4) is 0 Å². The largest absolute Gasteiger partial charge is 0.480 e. The van der Waals surface area contributed by atoms with Crippen LogP contribution in [-0.4, -0.2) is 47.7 Å². The Morgan fingerprint density at radius 1 is 1.25 bits per heavy atom. The van der Waals surface area contributed by atoms with E-state index in [1.54, 1.807) is 0 Å². The van der Waals surface area contributed by atoms with Gasteiger partial charge in [0.15, 0.2) is 0 Å². The van der Waals surface area contributed by atoms with E-state index < -0.39 is 12.0 Å². The Hall–Kier alpha value is -0.610. The van der Waals surface area contributed by atoms with Gasteiger partial charge in [0.05, 0.1) is 0 Å². The van der Waals surface area contributed by atoms with Crippen molar-refractivity contribution in [1.29, 1.82) is 0 Å². The first kappa shape index (κ1) is 13.5. The average molecular weight is 228 g/mol. The third-order valence-electron chi connectivity index (χ3n) is 2.97. The quantitative estimate of drug-likeness (QED) is 0.745. The summed E-state index contributed by atoms with van der Waals surface area (Å²) in [7, 11) is 0. The second-order valence-electron chi connectivity index (χ2n) is 4.93. The zero-order valence-corrected chi connectivity index (χ0v) is 10.4. The van der Waals surface area contributed by atoms with Crippen LogP contribution in [0.5, 0.6) is 0 Å². The van der Waals surface area contributed by atoms with Gasteiger partial charge in [0.25, 0.3) is 0 Å². The monoisotopic (exact) mass is 228 g/mol. The Balaban J connectivity index is 2.42. The van der Waals surface area contributed by atoms with Crippen molar-refractivity contribution in [2.75, 3.05) is 19.6 Å². The molecule has 1 fully saturated rings. The van der Waals surface area contributed by atoms with E-state index in [1.165, 1.54) is 25.7 Å². The molecule has 0 saturated carbocycles. The lowest BCUT2D eigenvalue weighted by molar-refractivity contribution is -0.140. The molecule has 4 heteroatoms. The first-order chi connectivity index (χ1) is 7.59. The molecular formula is C12H24N2O2. The second kappa shape index (κ2) is 6.86. The predicted octanol–water partition coefficient (Wildman–Crippen LogP) is 1.31. The number of aliphatic carboxylic acids is 1. The third-order valence-corrected chi connectivity index (χ3v) is 2.97. The highest BCUT2D eigenvalue weighted by Crippen LogP contribution is 2.10. The topological polar surface area (TPSA) is 52.6 Å². The van der Waals surface area contributed by atoms with Crippen LogP contribution in [0, 0.1) is 0 Å². The van der Waals surface area contributed by atoms with Crippen molar-refractivity contribution >= 4 is 5.97 Å². The maximum absolute atomic E-state index is 11.1. The Morgan fingerprint density at radius 3 is 2.25 bits per heavy atom. The number of rotatable bonds is 5. The average Bonchev–Trinajstić information content (AvgIpc) is 2.44. The van der Waals surface area contributed by atoms with Gasteiger partial charge in [-0.25, -0.2) is 0 Å². The second-order valence-corrected chi connectivity index (χ2v) is 4.93. The normalized spacial score (nSPS) is 20.7. The summed E-state index contributed by atoms with van der Waals surface area (Å²) in [5.41, 5.74) is 0. The zero-order valence-electron chi connectivity index (χ0n) is 10.4. The summed E-state index contributed by atoms with van der Waals surface area (Å²) < 4.78 is 0. The van der Waals surface area contributed by atoms with E-state index in [0.717, 1.165) is 13.1 Å². The molecule has 0 aromatic heterocycles. The van der Waals surface area contributed by atoms with Gasteiger partial charge >= 0.3 is 5.97 Å². The summed E-state index contributed by atoms with van der Waals surface area (Å²) >= 11 is 0. The number of nitrogens with zero attached hydrogens (tertiary/aromatic N) is 1. The molecular weight excluding hydrogens is 204 g/mol. The lowest BCUT2D eigenvalue weighted by atomic mass is 10.2.